The molecule has 98 valence electrons. The minimum absolute atomic E-state index is 0.172. The Labute approximate surface area is 108 Å². The minimum atomic E-state index is -1.15. The molecule has 0 radical (unpaired) electrons. The molecule has 0 saturated heterocycles. The molecule has 2 aromatic rings. The number of carboxylic acid groups (broad SMARTS) is 1. The average Bonchev–Trinajstić information content (AvgIpc) is 2.80. The number of aryl methyl sites for hydroxylation is 1. The Hall–Kier alpha value is -2.50. The molecule has 0 saturated carbocycles. The van der Waals surface area contributed by atoms with Gasteiger partial charge in [-0.2, -0.15) is 0 Å². The first-order valence-corrected chi connectivity index (χ1v) is 5.76. The van der Waals surface area contributed by atoms with Gasteiger partial charge in [0.15, 0.2) is 17.4 Å². The largest absolute Gasteiger partial charge is 0.486 e. The molecule has 19 heavy (non-hydrogen) atoms. The summed E-state index contributed by atoms with van der Waals surface area (Å²) in [7, 11) is 0. The van der Waals surface area contributed by atoms with Crippen LogP contribution in [0.5, 0.6) is 11.5 Å². The third kappa shape index (κ3) is 2.01. The van der Waals surface area contributed by atoms with Crippen LogP contribution in [0.25, 0.3) is 11.3 Å². The third-order valence-corrected chi connectivity index (χ3v) is 2.74. The van der Waals surface area contributed by atoms with Crippen LogP contribution in [0.1, 0.15) is 16.4 Å². The van der Waals surface area contributed by atoms with Crippen molar-refractivity contribution in [1.82, 2.24) is 4.98 Å². The molecule has 0 spiro atoms. The van der Waals surface area contributed by atoms with Crippen LogP contribution in [0.2, 0.25) is 0 Å². The summed E-state index contributed by atoms with van der Waals surface area (Å²) in [6, 6.07) is 5.18. The van der Waals surface area contributed by atoms with Crippen molar-refractivity contribution in [1.29, 1.82) is 0 Å². The summed E-state index contributed by atoms with van der Waals surface area (Å²) < 4.78 is 16.0. The molecule has 1 aromatic carbocycles. The van der Waals surface area contributed by atoms with E-state index in [4.69, 9.17) is 19.0 Å². The van der Waals surface area contributed by atoms with Crippen LogP contribution in [-0.4, -0.2) is 29.3 Å². The van der Waals surface area contributed by atoms with E-state index < -0.39 is 5.97 Å². The number of oxazole rings is 1. The fraction of sp³-hybridized carbons (Fsp3) is 0.231. The molecule has 0 aliphatic carbocycles. The number of nitrogens with zero attached hydrogens (tertiary/aromatic N) is 1. The molecular weight excluding hydrogens is 250 g/mol. The van der Waals surface area contributed by atoms with Gasteiger partial charge in [-0.3, -0.25) is 0 Å². The second-order valence-corrected chi connectivity index (χ2v) is 4.07. The number of carbonyl (C=O) groups is 1. The Morgan fingerprint density at radius 2 is 2.00 bits per heavy atom. The van der Waals surface area contributed by atoms with Gasteiger partial charge in [0.1, 0.15) is 18.9 Å². The van der Waals surface area contributed by atoms with Crippen LogP contribution in [0.4, 0.5) is 0 Å². The van der Waals surface area contributed by atoms with Gasteiger partial charge in [-0.25, -0.2) is 9.78 Å². The highest BCUT2D eigenvalue weighted by molar-refractivity contribution is 5.92. The Kier molecular flexibility index (Phi) is 2.63. The molecule has 0 bridgehead atoms. The van der Waals surface area contributed by atoms with Crippen LogP contribution >= 0.6 is 0 Å². The molecular formula is C13H11NO5. The minimum Gasteiger partial charge on any atom is -0.486 e. The summed E-state index contributed by atoms with van der Waals surface area (Å²) in [6.45, 7) is 2.59. The summed E-state index contributed by atoms with van der Waals surface area (Å²) in [5, 5.41) is 9.09. The van der Waals surface area contributed by atoms with Crippen LogP contribution in [0.3, 0.4) is 0 Å². The van der Waals surface area contributed by atoms with E-state index in [1.165, 1.54) is 0 Å². The number of hydrogen-bond donors (Lipinski definition) is 1. The van der Waals surface area contributed by atoms with Crippen molar-refractivity contribution in [3.05, 3.63) is 29.9 Å². The fourth-order valence-corrected chi connectivity index (χ4v) is 1.96. The van der Waals surface area contributed by atoms with Gasteiger partial charge in [0, 0.05) is 12.5 Å². The van der Waals surface area contributed by atoms with Crippen molar-refractivity contribution >= 4 is 5.97 Å². The van der Waals surface area contributed by atoms with Gasteiger partial charge in [-0.1, -0.05) is 0 Å². The fourth-order valence-electron chi connectivity index (χ4n) is 1.96. The molecule has 1 N–H and O–H groups in total. The highest BCUT2D eigenvalue weighted by Crippen LogP contribution is 2.35. The molecule has 1 aliphatic heterocycles. The van der Waals surface area contributed by atoms with Gasteiger partial charge in [0.25, 0.3) is 0 Å². The summed E-state index contributed by atoms with van der Waals surface area (Å²) in [5.41, 5.74) is 0.917. The Balaban J connectivity index is 2.09. The number of benzene rings is 1. The molecule has 2 heterocycles. The monoisotopic (exact) mass is 261 g/mol. The van der Waals surface area contributed by atoms with Crippen molar-refractivity contribution in [3.8, 4) is 22.8 Å². The molecule has 0 fully saturated rings. The number of rotatable bonds is 2. The van der Waals surface area contributed by atoms with E-state index in [9.17, 15) is 4.79 Å². The maximum atomic E-state index is 11.1. The molecule has 6 nitrogen and oxygen atoms in total. The van der Waals surface area contributed by atoms with Gasteiger partial charge in [-0.15, -0.1) is 0 Å². The molecule has 1 aliphatic rings. The lowest BCUT2D eigenvalue weighted by atomic mass is 10.1. The van der Waals surface area contributed by atoms with Crippen LogP contribution < -0.4 is 9.47 Å². The summed E-state index contributed by atoms with van der Waals surface area (Å²) in [4.78, 5) is 15.2. The predicted octanol–water partition coefficient (Wildman–Crippen LogP) is 2.12. The quantitative estimate of drug-likeness (QED) is 0.891. The van der Waals surface area contributed by atoms with Gasteiger partial charge in [0.05, 0.1) is 0 Å². The van der Waals surface area contributed by atoms with Gasteiger partial charge >= 0.3 is 5.97 Å². The summed E-state index contributed by atoms with van der Waals surface area (Å²) in [5.74, 6) is 0.217. The van der Waals surface area contributed by atoms with Gasteiger partial charge in [-0.05, 0) is 18.2 Å². The van der Waals surface area contributed by atoms with Gasteiger partial charge in [0.2, 0.25) is 5.76 Å². The van der Waals surface area contributed by atoms with Crippen molar-refractivity contribution in [3.63, 3.8) is 0 Å². The lowest BCUT2D eigenvalue weighted by Crippen LogP contribution is -2.15. The maximum absolute atomic E-state index is 11.1. The Bertz CT molecular complexity index is 646. The number of hydrogen-bond acceptors (Lipinski definition) is 5. The third-order valence-electron chi connectivity index (χ3n) is 2.74. The van der Waals surface area contributed by atoms with Crippen molar-refractivity contribution in [2.24, 2.45) is 0 Å². The Morgan fingerprint density at radius 3 is 2.74 bits per heavy atom. The van der Waals surface area contributed by atoms with E-state index in [1.54, 1.807) is 25.1 Å². The summed E-state index contributed by atoms with van der Waals surface area (Å²) in [6.07, 6.45) is 0. The zero-order valence-electron chi connectivity index (χ0n) is 10.2. The summed E-state index contributed by atoms with van der Waals surface area (Å²) >= 11 is 0. The number of aromatic carboxylic acids is 1. The first kappa shape index (κ1) is 11.6. The van der Waals surface area contributed by atoms with Gasteiger partial charge < -0.3 is 19.0 Å². The first-order valence-electron chi connectivity index (χ1n) is 5.76. The number of aromatic nitrogens is 1. The number of carboxylic acids is 1. The normalized spacial score (nSPS) is 13.3. The predicted molar refractivity (Wildman–Crippen MR) is 64.6 cm³/mol. The SMILES string of the molecule is Cc1nc(-c2ccc3c(c2)OCCO3)c(C(=O)O)o1. The average molecular weight is 261 g/mol. The van der Waals surface area contributed by atoms with E-state index >= 15 is 0 Å². The van der Waals surface area contributed by atoms with Crippen molar-refractivity contribution in [2.75, 3.05) is 13.2 Å². The second-order valence-electron chi connectivity index (χ2n) is 4.07. The van der Waals surface area contributed by atoms with Crippen LogP contribution in [0.15, 0.2) is 22.6 Å². The molecule has 6 heteroatoms. The van der Waals surface area contributed by atoms with Crippen LogP contribution in [0, 0.1) is 6.92 Å². The van der Waals surface area contributed by atoms with E-state index in [1.807, 2.05) is 0 Å². The highest BCUT2D eigenvalue weighted by atomic mass is 16.6. The second kappa shape index (κ2) is 4.31. The van der Waals surface area contributed by atoms with Crippen molar-refractivity contribution < 1.29 is 23.8 Å². The smallest absolute Gasteiger partial charge is 0.374 e. The van der Waals surface area contributed by atoms with Crippen LogP contribution in [-0.2, 0) is 0 Å². The van der Waals surface area contributed by atoms with Crippen molar-refractivity contribution in [2.45, 2.75) is 6.92 Å². The van der Waals surface area contributed by atoms with E-state index in [2.05, 4.69) is 4.98 Å². The maximum Gasteiger partial charge on any atom is 0.374 e. The lowest BCUT2D eigenvalue weighted by molar-refractivity contribution is 0.0662. The standard InChI is InChI=1S/C13H11NO5/c1-7-14-11(12(19-7)13(15)16)8-2-3-9-10(6-8)18-5-4-17-9/h2-3,6H,4-5H2,1H3,(H,15,16). The highest BCUT2D eigenvalue weighted by Gasteiger charge is 2.21. The molecule has 3 rings (SSSR count). The zero-order valence-corrected chi connectivity index (χ0v) is 10.2. The van der Waals surface area contributed by atoms with E-state index in [0.717, 1.165) is 0 Å². The molecule has 0 amide bonds. The number of ether oxygens (including phenoxy) is 2. The molecule has 1 aromatic heterocycles. The number of fused-ring (bicyclic) bond motifs is 1. The molecule has 0 atom stereocenters. The first-order chi connectivity index (χ1) is 9.15. The van der Waals surface area contributed by atoms with E-state index in [-0.39, 0.29) is 5.76 Å². The van der Waals surface area contributed by atoms with E-state index in [0.29, 0.717) is 41.9 Å². The zero-order chi connectivity index (χ0) is 13.4. The Morgan fingerprint density at radius 1 is 1.26 bits per heavy atom. The topological polar surface area (TPSA) is 81.8 Å². The molecule has 0 unspecified atom stereocenters. The lowest BCUT2D eigenvalue weighted by Gasteiger charge is -2.18.